The standard InChI is InChI=1S/C20H18FN3O3/c21-14-5-1-4-13(10-14)11-15-12-23-19(27-15)16-6-3-9-24(16)20(26)18-17(25)7-2-8-22-18/h1-2,4-5,7-8,10,12,16,25H,3,6,9,11H2/t16-/m0/s1. The zero-order chi connectivity index (χ0) is 18.8. The van der Waals surface area contributed by atoms with Gasteiger partial charge in [-0.25, -0.2) is 14.4 Å². The smallest absolute Gasteiger partial charge is 0.276 e. The van der Waals surface area contributed by atoms with Crippen LogP contribution in [0, 0.1) is 5.82 Å². The summed E-state index contributed by atoms with van der Waals surface area (Å²) in [6, 6.07) is 9.02. The van der Waals surface area contributed by atoms with Gasteiger partial charge in [-0.1, -0.05) is 12.1 Å². The highest BCUT2D eigenvalue weighted by atomic mass is 19.1. The van der Waals surface area contributed by atoms with Crippen molar-refractivity contribution in [3.05, 3.63) is 77.5 Å². The summed E-state index contributed by atoms with van der Waals surface area (Å²) in [6.07, 6.45) is 5.04. The van der Waals surface area contributed by atoms with Gasteiger partial charge in [0.25, 0.3) is 5.91 Å². The molecule has 3 heterocycles. The number of aromatic nitrogens is 2. The van der Waals surface area contributed by atoms with Gasteiger partial charge in [-0.3, -0.25) is 4.79 Å². The number of amides is 1. The number of nitrogens with zero attached hydrogens (tertiary/aromatic N) is 3. The van der Waals surface area contributed by atoms with Crippen molar-refractivity contribution in [2.75, 3.05) is 6.54 Å². The van der Waals surface area contributed by atoms with E-state index in [9.17, 15) is 14.3 Å². The first-order valence-electron chi connectivity index (χ1n) is 8.76. The third-order valence-corrected chi connectivity index (χ3v) is 4.63. The Bertz CT molecular complexity index is 972. The predicted molar refractivity (Wildman–Crippen MR) is 94.6 cm³/mol. The normalized spacial score (nSPS) is 16.6. The fraction of sp³-hybridized carbons (Fsp3) is 0.250. The summed E-state index contributed by atoms with van der Waals surface area (Å²) in [7, 11) is 0. The summed E-state index contributed by atoms with van der Waals surface area (Å²) in [6.45, 7) is 0.543. The molecular formula is C20H18FN3O3. The molecular weight excluding hydrogens is 349 g/mol. The summed E-state index contributed by atoms with van der Waals surface area (Å²) in [4.78, 5) is 22.7. The van der Waals surface area contributed by atoms with E-state index in [1.807, 2.05) is 6.07 Å². The van der Waals surface area contributed by atoms with Crippen molar-refractivity contribution in [3.63, 3.8) is 0 Å². The van der Waals surface area contributed by atoms with Crippen LogP contribution in [-0.2, 0) is 6.42 Å². The molecule has 0 spiro atoms. The quantitative estimate of drug-likeness (QED) is 0.764. The molecule has 1 aromatic carbocycles. The van der Waals surface area contributed by atoms with Gasteiger partial charge in [-0.05, 0) is 42.7 Å². The van der Waals surface area contributed by atoms with Crippen LogP contribution in [0.3, 0.4) is 0 Å². The van der Waals surface area contributed by atoms with E-state index in [1.165, 1.54) is 24.4 Å². The zero-order valence-corrected chi connectivity index (χ0v) is 14.5. The summed E-state index contributed by atoms with van der Waals surface area (Å²) < 4.78 is 19.2. The lowest BCUT2D eigenvalue weighted by Crippen LogP contribution is -2.31. The van der Waals surface area contributed by atoms with Gasteiger partial charge >= 0.3 is 0 Å². The third kappa shape index (κ3) is 3.53. The van der Waals surface area contributed by atoms with Crippen molar-refractivity contribution in [1.82, 2.24) is 14.9 Å². The molecule has 4 rings (SSSR count). The fourth-order valence-corrected chi connectivity index (χ4v) is 3.37. The number of halogens is 1. The van der Waals surface area contributed by atoms with Gasteiger partial charge in [0, 0.05) is 19.2 Å². The molecule has 1 aliphatic heterocycles. The molecule has 1 N–H and O–H groups in total. The maximum atomic E-state index is 13.3. The lowest BCUT2D eigenvalue weighted by Gasteiger charge is -2.22. The molecule has 0 aliphatic carbocycles. The SMILES string of the molecule is O=C(c1ncccc1O)N1CCC[C@H]1c1ncc(Cc2cccc(F)c2)o1. The Morgan fingerprint density at radius 3 is 3.00 bits per heavy atom. The minimum absolute atomic E-state index is 0.0240. The van der Waals surface area contributed by atoms with Gasteiger partial charge in [-0.15, -0.1) is 0 Å². The maximum Gasteiger partial charge on any atom is 0.276 e. The van der Waals surface area contributed by atoms with Crippen LogP contribution in [0.5, 0.6) is 5.75 Å². The van der Waals surface area contributed by atoms with Crippen molar-refractivity contribution in [1.29, 1.82) is 0 Å². The fourth-order valence-electron chi connectivity index (χ4n) is 3.37. The summed E-state index contributed by atoms with van der Waals surface area (Å²) >= 11 is 0. The Balaban J connectivity index is 1.53. The summed E-state index contributed by atoms with van der Waals surface area (Å²) in [5, 5.41) is 9.91. The van der Waals surface area contributed by atoms with Gasteiger partial charge in [0.1, 0.15) is 23.4 Å². The first-order valence-corrected chi connectivity index (χ1v) is 8.76. The molecule has 0 bridgehead atoms. The van der Waals surface area contributed by atoms with Crippen LogP contribution in [0.25, 0.3) is 0 Å². The van der Waals surface area contributed by atoms with E-state index in [-0.39, 0.29) is 29.2 Å². The molecule has 1 saturated heterocycles. The van der Waals surface area contributed by atoms with Gasteiger partial charge in [0.05, 0.1) is 6.20 Å². The molecule has 1 aliphatic rings. The van der Waals surface area contributed by atoms with E-state index >= 15 is 0 Å². The van der Waals surface area contributed by atoms with Crippen LogP contribution >= 0.6 is 0 Å². The first-order chi connectivity index (χ1) is 13.1. The second kappa shape index (κ2) is 7.19. The second-order valence-corrected chi connectivity index (χ2v) is 6.50. The number of oxazole rings is 1. The van der Waals surface area contributed by atoms with Crippen LogP contribution < -0.4 is 0 Å². The average molecular weight is 367 g/mol. The van der Waals surface area contributed by atoms with Crippen LogP contribution in [0.2, 0.25) is 0 Å². The monoisotopic (exact) mass is 367 g/mol. The lowest BCUT2D eigenvalue weighted by molar-refractivity contribution is 0.0705. The number of benzene rings is 1. The number of hydrogen-bond donors (Lipinski definition) is 1. The molecule has 3 aromatic rings. The van der Waals surface area contributed by atoms with Gasteiger partial charge in [0.15, 0.2) is 5.69 Å². The van der Waals surface area contributed by atoms with Crippen LogP contribution in [0.15, 0.2) is 53.2 Å². The highest BCUT2D eigenvalue weighted by molar-refractivity contribution is 5.95. The Morgan fingerprint density at radius 1 is 1.30 bits per heavy atom. The number of aromatic hydroxyl groups is 1. The number of carbonyl (C=O) groups excluding carboxylic acids is 1. The van der Waals surface area contributed by atoms with Gasteiger partial charge in [-0.2, -0.15) is 0 Å². The number of rotatable bonds is 4. The number of pyridine rings is 1. The zero-order valence-electron chi connectivity index (χ0n) is 14.5. The van der Waals surface area contributed by atoms with Crippen molar-refractivity contribution >= 4 is 5.91 Å². The van der Waals surface area contributed by atoms with E-state index in [0.29, 0.717) is 24.6 Å². The summed E-state index contributed by atoms with van der Waals surface area (Å²) in [5.41, 5.74) is 0.811. The largest absolute Gasteiger partial charge is 0.505 e. The van der Waals surface area contributed by atoms with Gasteiger partial charge < -0.3 is 14.4 Å². The molecule has 2 aromatic heterocycles. The van der Waals surface area contributed by atoms with E-state index in [2.05, 4.69) is 9.97 Å². The number of hydrogen-bond acceptors (Lipinski definition) is 5. The molecule has 7 heteroatoms. The van der Waals surface area contributed by atoms with Crippen molar-refractivity contribution in [2.45, 2.75) is 25.3 Å². The number of carbonyl (C=O) groups is 1. The molecule has 27 heavy (non-hydrogen) atoms. The molecule has 6 nitrogen and oxygen atoms in total. The van der Waals surface area contributed by atoms with Crippen LogP contribution in [0.1, 0.15) is 46.6 Å². The molecule has 138 valence electrons. The Kier molecular flexibility index (Phi) is 4.58. The van der Waals surface area contributed by atoms with Crippen molar-refractivity contribution in [3.8, 4) is 5.75 Å². The van der Waals surface area contributed by atoms with Gasteiger partial charge in [0.2, 0.25) is 5.89 Å². The molecule has 0 saturated carbocycles. The predicted octanol–water partition coefficient (Wildman–Crippen LogP) is 3.48. The lowest BCUT2D eigenvalue weighted by atomic mass is 10.1. The highest BCUT2D eigenvalue weighted by Gasteiger charge is 2.35. The van der Waals surface area contributed by atoms with Crippen LogP contribution in [0.4, 0.5) is 4.39 Å². The van der Waals surface area contributed by atoms with E-state index in [0.717, 1.165) is 18.4 Å². The summed E-state index contributed by atoms with van der Waals surface area (Å²) in [5.74, 6) is 0.265. The van der Waals surface area contributed by atoms with Crippen molar-refractivity contribution < 1.29 is 18.7 Å². The molecule has 1 atom stereocenters. The minimum Gasteiger partial charge on any atom is -0.505 e. The van der Waals surface area contributed by atoms with E-state index in [4.69, 9.17) is 4.42 Å². The third-order valence-electron chi connectivity index (χ3n) is 4.63. The Morgan fingerprint density at radius 2 is 2.19 bits per heavy atom. The first kappa shape index (κ1) is 17.2. The Hall–Kier alpha value is -3.22. The second-order valence-electron chi connectivity index (χ2n) is 6.50. The highest BCUT2D eigenvalue weighted by Crippen LogP contribution is 2.33. The minimum atomic E-state index is -0.347. The average Bonchev–Trinajstić information content (AvgIpc) is 3.30. The topological polar surface area (TPSA) is 79.5 Å². The van der Waals surface area contributed by atoms with E-state index in [1.54, 1.807) is 23.2 Å². The molecule has 1 amide bonds. The van der Waals surface area contributed by atoms with E-state index < -0.39 is 0 Å². The molecule has 1 fully saturated rings. The molecule has 0 radical (unpaired) electrons. The molecule has 0 unspecified atom stereocenters. The van der Waals surface area contributed by atoms with Crippen molar-refractivity contribution in [2.24, 2.45) is 0 Å². The number of likely N-dealkylation sites (tertiary alicyclic amines) is 1. The van der Waals surface area contributed by atoms with Crippen LogP contribution in [-0.4, -0.2) is 32.4 Å². The Labute approximate surface area is 155 Å². The maximum absolute atomic E-state index is 13.3.